The lowest BCUT2D eigenvalue weighted by Crippen LogP contribution is -2.35. The van der Waals surface area contributed by atoms with Gasteiger partial charge >= 0.3 is 0 Å². The minimum absolute atomic E-state index is 0.168. The number of carbonyl (C=O) groups excluding carboxylic acids is 1. The zero-order chi connectivity index (χ0) is 24.3. The Hall–Kier alpha value is -3.32. The number of fused-ring (bicyclic) bond motifs is 1. The van der Waals surface area contributed by atoms with E-state index in [1.807, 2.05) is 48.5 Å². The number of amides is 1. The fourth-order valence-corrected chi connectivity index (χ4v) is 5.74. The summed E-state index contributed by atoms with van der Waals surface area (Å²) >= 11 is 0. The van der Waals surface area contributed by atoms with Gasteiger partial charge in [0.25, 0.3) is 15.9 Å². The van der Waals surface area contributed by atoms with Gasteiger partial charge in [0, 0.05) is 12.2 Å². The molecule has 1 N–H and O–H groups in total. The molecular formula is C27H30N2O4S. The molecule has 0 fully saturated rings. The number of aryl methyl sites for hydroxylation is 2. The van der Waals surface area contributed by atoms with Crippen molar-refractivity contribution in [1.29, 1.82) is 0 Å². The number of nitrogens with zero attached hydrogens (tertiary/aromatic N) is 1. The second-order valence-electron chi connectivity index (χ2n) is 8.85. The molecular weight excluding hydrogens is 448 g/mol. The number of rotatable bonds is 7. The zero-order valence-electron chi connectivity index (χ0n) is 19.7. The van der Waals surface area contributed by atoms with Crippen molar-refractivity contribution in [3.8, 4) is 5.75 Å². The van der Waals surface area contributed by atoms with E-state index in [2.05, 4.69) is 19.2 Å². The van der Waals surface area contributed by atoms with Crippen molar-refractivity contribution < 1.29 is 17.9 Å². The average Bonchev–Trinajstić information content (AvgIpc) is 2.83. The van der Waals surface area contributed by atoms with Gasteiger partial charge in [0.2, 0.25) is 0 Å². The van der Waals surface area contributed by atoms with E-state index in [4.69, 9.17) is 4.74 Å². The van der Waals surface area contributed by atoms with Crippen molar-refractivity contribution in [3.05, 3.63) is 83.4 Å². The molecule has 1 amide bonds. The van der Waals surface area contributed by atoms with Crippen LogP contribution in [-0.2, 0) is 21.2 Å². The predicted molar refractivity (Wildman–Crippen MR) is 135 cm³/mol. The largest absolute Gasteiger partial charge is 0.483 e. The van der Waals surface area contributed by atoms with Crippen molar-refractivity contribution in [2.45, 2.75) is 44.4 Å². The molecule has 1 aliphatic heterocycles. The minimum atomic E-state index is -3.70. The fourth-order valence-electron chi connectivity index (χ4n) is 4.11. The molecule has 0 spiro atoms. The molecule has 0 aliphatic carbocycles. The molecule has 4 rings (SSSR count). The van der Waals surface area contributed by atoms with E-state index in [1.165, 1.54) is 15.9 Å². The van der Waals surface area contributed by atoms with Gasteiger partial charge in [-0.05, 0) is 78.8 Å². The number of ether oxygens (including phenoxy) is 1. The second-order valence-corrected chi connectivity index (χ2v) is 10.7. The molecule has 0 saturated heterocycles. The summed E-state index contributed by atoms with van der Waals surface area (Å²) in [6.45, 7) is 6.30. The van der Waals surface area contributed by atoms with Crippen LogP contribution in [0.2, 0.25) is 0 Å². The van der Waals surface area contributed by atoms with Gasteiger partial charge in [0.05, 0.1) is 10.6 Å². The van der Waals surface area contributed by atoms with E-state index in [1.54, 1.807) is 19.1 Å². The Morgan fingerprint density at radius 1 is 1.06 bits per heavy atom. The first kappa shape index (κ1) is 23.8. The van der Waals surface area contributed by atoms with E-state index in [-0.39, 0.29) is 17.4 Å². The third-order valence-corrected chi connectivity index (χ3v) is 7.83. The van der Waals surface area contributed by atoms with E-state index in [9.17, 15) is 13.2 Å². The number of sulfonamides is 1. The molecule has 0 unspecified atom stereocenters. The van der Waals surface area contributed by atoms with Gasteiger partial charge in [-0.2, -0.15) is 0 Å². The van der Waals surface area contributed by atoms with Gasteiger partial charge in [-0.15, -0.1) is 0 Å². The number of nitrogens with one attached hydrogen (secondary N) is 1. The van der Waals surface area contributed by atoms with Crippen LogP contribution in [0.5, 0.6) is 5.75 Å². The monoisotopic (exact) mass is 478 g/mol. The van der Waals surface area contributed by atoms with E-state index in [0.717, 1.165) is 24.1 Å². The van der Waals surface area contributed by atoms with Crippen LogP contribution in [0.25, 0.3) is 0 Å². The summed E-state index contributed by atoms with van der Waals surface area (Å²) in [5.74, 6) is 0.620. The Morgan fingerprint density at radius 3 is 2.50 bits per heavy atom. The van der Waals surface area contributed by atoms with E-state index >= 15 is 0 Å². The molecule has 1 heterocycles. The number of hydrogen-bond donors (Lipinski definition) is 1. The summed E-state index contributed by atoms with van der Waals surface area (Å²) in [6.07, 6.45) is 1.66. The van der Waals surface area contributed by atoms with E-state index in [0.29, 0.717) is 29.5 Å². The highest BCUT2D eigenvalue weighted by Crippen LogP contribution is 2.33. The van der Waals surface area contributed by atoms with Crippen LogP contribution >= 0.6 is 0 Å². The molecule has 6 nitrogen and oxygen atoms in total. The van der Waals surface area contributed by atoms with Gasteiger partial charge < -0.3 is 10.1 Å². The van der Waals surface area contributed by atoms with Crippen LogP contribution in [0.3, 0.4) is 0 Å². The highest BCUT2D eigenvalue weighted by atomic mass is 32.2. The summed E-state index contributed by atoms with van der Waals surface area (Å²) in [7, 11) is -3.70. The molecule has 0 radical (unpaired) electrons. The fraction of sp³-hybridized carbons (Fsp3) is 0.296. The topological polar surface area (TPSA) is 75.7 Å². The van der Waals surface area contributed by atoms with Crippen molar-refractivity contribution >= 4 is 27.3 Å². The molecule has 3 aromatic rings. The molecule has 7 heteroatoms. The zero-order valence-corrected chi connectivity index (χ0v) is 20.6. The Bertz CT molecular complexity index is 1280. The third kappa shape index (κ3) is 5.09. The van der Waals surface area contributed by atoms with Crippen molar-refractivity contribution in [1.82, 2.24) is 0 Å². The lowest BCUT2D eigenvalue weighted by Gasteiger charge is -2.30. The maximum atomic E-state index is 13.4. The summed E-state index contributed by atoms with van der Waals surface area (Å²) in [6, 6.07) is 20.1. The molecule has 0 aromatic heterocycles. The minimum Gasteiger partial charge on any atom is -0.483 e. The Labute approximate surface area is 201 Å². The SMILES string of the molecule is Cc1cc(S(=O)(=O)N2CCCc3ccccc32)ccc1OCC(=O)Nc1ccc(C(C)C)cc1. The highest BCUT2D eigenvalue weighted by molar-refractivity contribution is 7.92. The normalized spacial score (nSPS) is 13.5. The molecule has 1 aliphatic rings. The molecule has 0 atom stereocenters. The first-order valence-electron chi connectivity index (χ1n) is 11.5. The summed E-state index contributed by atoms with van der Waals surface area (Å²) in [5.41, 5.74) is 4.34. The Kier molecular flexibility index (Phi) is 6.93. The van der Waals surface area contributed by atoms with Crippen LogP contribution in [-0.4, -0.2) is 27.5 Å². The van der Waals surface area contributed by atoms with Crippen LogP contribution in [0.4, 0.5) is 11.4 Å². The van der Waals surface area contributed by atoms with Gasteiger partial charge in [-0.25, -0.2) is 8.42 Å². The second kappa shape index (κ2) is 9.89. The van der Waals surface area contributed by atoms with Crippen molar-refractivity contribution in [3.63, 3.8) is 0 Å². The smallest absolute Gasteiger partial charge is 0.264 e. The maximum absolute atomic E-state index is 13.4. The number of hydrogen-bond acceptors (Lipinski definition) is 4. The Balaban J connectivity index is 1.43. The summed E-state index contributed by atoms with van der Waals surface area (Å²) < 4.78 is 33.9. The first-order valence-corrected chi connectivity index (χ1v) is 12.9. The standard InChI is InChI=1S/C27H30N2O4S/c1-19(2)21-10-12-23(13-11-21)28-27(30)18-33-26-15-14-24(17-20(26)3)34(31,32)29-16-6-8-22-7-4-5-9-25(22)29/h4-5,7,9-15,17,19H,6,8,16,18H2,1-3H3,(H,28,30). The third-order valence-electron chi connectivity index (χ3n) is 6.02. The van der Waals surface area contributed by atoms with Gasteiger partial charge in [0.1, 0.15) is 5.75 Å². The molecule has 3 aromatic carbocycles. The van der Waals surface area contributed by atoms with Gasteiger partial charge in [0.15, 0.2) is 6.61 Å². The van der Waals surface area contributed by atoms with E-state index < -0.39 is 10.0 Å². The molecule has 178 valence electrons. The quantitative estimate of drug-likeness (QED) is 0.501. The summed E-state index contributed by atoms with van der Waals surface area (Å²) in [4.78, 5) is 12.5. The van der Waals surface area contributed by atoms with Crippen LogP contribution < -0.4 is 14.4 Å². The molecule has 0 saturated carbocycles. The first-order chi connectivity index (χ1) is 16.3. The van der Waals surface area contributed by atoms with Crippen LogP contribution in [0.15, 0.2) is 71.6 Å². The Morgan fingerprint density at radius 2 is 1.79 bits per heavy atom. The average molecular weight is 479 g/mol. The number of anilines is 2. The number of para-hydroxylation sites is 1. The van der Waals surface area contributed by atoms with Gasteiger partial charge in [-0.3, -0.25) is 9.10 Å². The number of benzene rings is 3. The summed E-state index contributed by atoms with van der Waals surface area (Å²) in [5, 5.41) is 2.82. The van der Waals surface area contributed by atoms with Crippen LogP contribution in [0.1, 0.15) is 42.9 Å². The predicted octanol–water partition coefficient (Wildman–Crippen LogP) is 5.28. The lowest BCUT2D eigenvalue weighted by molar-refractivity contribution is -0.118. The van der Waals surface area contributed by atoms with Crippen molar-refractivity contribution in [2.75, 3.05) is 22.8 Å². The molecule has 34 heavy (non-hydrogen) atoms. The van der Waals surface area contributed by atoms with Crippen molar-refractivity contribution in [2.24, 2.45) is 0 Å². The van der Waals surface area contributed by atoms with Crippen LogP contribution in [0, 0.1) is 6.92 Å². The lowest BCUT2D eigenvalue weighted by atomic mass is 10.0. The number of carbonyl (C=O) groups is 1. The molecule has 0 bridgehead atoms. The highest BCUT2D eigenvalue weighted by Gasteiger charge is 2.29. The van der Waals surface area contributed by atoms with Gasteiger partial charge in [-0.1, -0.05) is 44.2 Å². The maximum Gasteiger partial charge on any atom is 0.264 e.